The Hall–Kier alpha value is -0.850. The van der Waals surface area contributed by atoms with E-state index in [1.807, 2.05) is 6.08 Å². The second-order valence-corrected chi connectivity index (χ2v) is 11.6. The lowest BCUT2D eigenvalue weighted by molar-refractivity contribution is -0.117. The fourth-order valence-corrected chi connectivity index (χ4v) is 8.16. The van der Waals surface area contributed by atoms with E-state index in [0.717, 1.165) is 42.4 Å². The van der Waals surface area contributed by atoms with Crippen LogP contribution in [0.15, 0.2) is 23.8 Å². The summed E-state index contributed by atoms with van der Waals surface area (Å²) in [6.45, 7) is 12.3. The molecule has 0 N–H and O–H groups in total. The molecule has 0 spiro atoms. The molecule has 156 valence electrons. The highest BCUT2D eigenvalue weighted by Crippen LogP contribution is 2.67. The molecule has 0 aliphatic heterocycles. The van der Waals surface area contributed by atoms with Crippen LogP contribution in [0, 0.1) is 46.3 Å². The van der Waals surface area contributed by atoms with Gasteiger partial charge in [-0.15, -0.1) is 0 Å². The fourth-order valence-electron chi connectivity index (χ4n) is 8.16. The van der Waals surface area contributed by atoms with Crippen molar-refractivity contribution in [3.05, 3.63) is 23.8 Å². The Morgan fingerprint density at radius 2 is 1.82 bits per heavy atom. The van der Waals surface area contributed by atoms with Gasteiger partial charge in [-0.3, -0.25) is 4.79 Å². The minimum absolute atomic E-state index is 0.318. The largest absolute Gasteiger partial charge is 0.295 e. The average Bonchev–Trinajstić information content (AvgIpc) is 2.99. The van der Waals surface area contributed by atoms with Crippen molar-refractivity contribution in [2.24, 2.45) is 46.3 Å². The van der Waals surface area contributed by atoms with Gasteiger partial charge in [0.15, 0.2) is 5.78 Å². The van der Waals surface area contributed by atoms with E-state index in [1.165, 1.54) is 50.5 Å². The van der Waals surface area contributed by atoms with Gasteiger partial charge >= 0.3 is 0 Å². The molecule has 4 rings (SSSR count). The summed E-state index contributed by atoms with van der Waals surface area (Å²) in [7, 11) is 0. The van der Waals surface area contributed by atoms with Gasteiger partial charge in [0.25, 0.3) is 0 Å². The van der Waals surface area contributed by atoms with Crippen LogP contribution >= 0.6 is 0 Å². The maximum Gasteiger partial charge on any atom is 0.155 e. The van der Waals surface area contributed by atoms with Gasteiger partial charge < -0.3 is 0 Å². The maximum atomic E-state index is 12.0. The highest BCUT2D eigenvalue weighted by Gasteiger charge is 2.59. The van der Waals surface area contributed by atoms with E-state index >= 15 is 0 Å². The topological polar surface area (TPSA) is 17.1 Å². The second kappa shape index (κ2) is 7.44. The lowest BCUT2D eigenvalue weighted by Gasteiger charge is -2.58. The van der Waals surface area contributed by atoms with E-state index in [2.05, 4.69) is 46.8 Å². The molecule has 3 saturated carbocycles. The number of allylic oxidation sites excluding steroid dienone is 3. The van der Waals surface area contributed by atoms with Crippen molar-refractivity contribution < 1.29 is 4.79 Å². The molecular formula is C27H42O. The van der Waals surface area contributed by atoms with E-state index in [-0.39, 0.29) is 0 Å². The van der Waals surface area contributed by atoms with E-state index in [1.54, 1.807) is 0 Å². The quantitative estimate of drug-likeness (QED) is 0.464. The molecule has 0 aromatic heterocycles. The zero-order chi connectivity index (χ0) is 20.1. The summed E-state index contributed by atoms with van der Waals surface area (Å²) in [6, 6.07) is 0. The second-order valence-electron chi connectivity index (χ2n) is 11.6. The first-order valence-corrected chi connectivity index (χ1v) is 12.2. The summed E-state index contributed by atoms with van der Waals surface area (Å²) < 4.78 is 0. The molecule has 4 aliphatic carbocycles. The van der Waals surface area contributed by atoms with Crippen molar-refractivity contribution in [3.63, 3.8) is 0 Å². The first-order chi connectivity index (χ1) is 13.3. The van der Waals surface area contributed by atoms with Crippen molar-refractivity contribution in [3.8, 4) is 0 Å². The van der Waals surface area contributed by atoms with Gasteiger partial charge in [-0.05, 0) is 104 Å². The molecule has 0 heterocycles. The minimum Gasteiger partial charge on any atom is -0.295 e. The molecule has 0 aromatic carbocycles. The zero-order valence-corrected chi connectivity index (χ0v) is 19.0. The number of ketones is 1. The summed E-state index contributed by atoms with van der Waals surface area (Å²) in [4.78, 5) is 12.0. The van der Waals surface area contributed by atoms with Crippen LogP contribution in [0.5, 0.6) is 0 Å². The fraction of sp³-hybridized carbons (Fsp3) is 0.815. The van der Waals surface area contributed by atoms with Crippen LogP contribution in [-0.4, -0.2) is 5.78 Å². The summed E-state index contributed by atoms with van der Waals surface area (Å²) in [5.74, 6) is 5.35. The third-order valence-corrected chi connectivity index (χ3v) is 9.72. The number of carbonyl (C=O) groups excluding carboxylic acids is 1. The third kappa shape index (κ3) is 3.25. The number of fused-ring (bicyclic) bond motifs is 5. The first kappa shape index (κ1) is 20.4. The van der Waals surface area contributed by atoms with Gasteiger partial charge in [-0.25, -0.2) is 0 Å². The molecule has 0 saturated heterocycles. The Morgan fingerprint density at radius 1 is 1.04 bits per heavy atom. The van der Waals surface area contributed by atoms with Gasteiger partial charge in [0.2, 0.25) is 0 Å². The number of hydrogen-bond acceptors (Lipinski definition) is 1. The molecule has 0 radical (unpaired) electrons. The number of carbonyl (C=O) groups is 1. The van der Waals surface area contributed by atoms with Crippen LogP contribution in [0.3, 0.4) is 0 Å². The van der Waals surface area contributed by atoms with E-state index in [0.29, 0.717) is 22.5 Å². The molecule has 3 fully saturated rings. The number of rotatable bonds is 4. The molecular weight excluding hydrogens is 340 g/mol. The first-order valence-electron chi connectivity index (χ1n) is 12.2. The van der Waals surface area contributed by atoms with Gasteiger partial charge in [0.05, 0.1) is 0 Å². The lowest BCUT2D eigenvalue weighted by atomic mass is 9.46. The van der Waals surface area contributed by atoms with Crippen molar-refractivity contribution in [2.45, 2.75) is 92.4 Å². The van der Waals surface area contributed by atoms with Gasteiger partial charge in [0.1, 0.15) is 0 Å². The Balaban J connectivity index is 1.53. The van der Waals surface area contributed by atoms with Crippen LogP contribution in [0.25, 0.3) is 0 Å². The van der Waals surface area contributed by atoms with Gasteiger partial charge in [-0.1, -0.05) is 52.3 Å². The Morgan fingerprint density at radius 3 is 2.57 bits per heavy atom. The monoisotopic (exact) mass is 382 g/mol. The maximum absolute atomic E-state index is 12.0. The van der Waals surface area contributed by atoms with Crippen LogP contribution in [0.1, 0.15) is 92.4 Å². The predicted octanol–water partition coefficient (Wildman–Crippen LogP) is 7.37. The molecule has 28 heavy (non-hydrogen) atoms. The van der Waals surface area contributed by atoms with Gasteiger partial charge in [0, 0.05) is 6.42 Å². The highest BCUT2D eigenvalue weighted by atomic mass is 16.1. The molecule has 0 bridgehead atoms. The van der Waals surface area contributed by atoms with Crippen LogP contribution < -0.4 is 0 Å². The van der Waals surface area contributed by atoms with Crippen LogP contribution in [-0.2, 0) is 4.79 Å². The lowest BCUT2D eigenvalue weighted by Crippen LogP contribution is -2.50. The van der Waals surface area contributed by atoms with Crippen molar-refractivity contribution in [1.82, 2.24) is 0 Å². The van der Waals surface area contributed by atoms with Crippen LogP contribution in [0.4, 0.5) is 0 Å². The average molecular weight is 383 g/mol. The standard InChI is InChI=1S/C27H42O/c1-18(2)7-6-8-19(3)23-11-12-24-22-10-9-20-17-21(28)13-15-26(20,4)25(22)14-16-27(23,24)5/h6,8,17-19,22-25H,7,9-16H2,1-5H3/b8-6+/t19-,22?,23-,24?,25?,26+,27-/m1/s1. The number of hydrogen-bond donors (Lipinski definition) is 0. The third-order valence-electron chi connectivity index (χ3n) is 9.72. The Labute approximate surface area is 173 Å². The zero-order valence-electron chi connectivity index (χ0n) is 19.0. The van der Waals surface area contributed by atoms with Crippen molar-refractivity contribution in [2.75, 3.05) is 0 Å². The van der Waals surface area contributed by atoms with E-state index in [9.17, 15) is 4.79 Å². The van der Waals surface area contributed by atoms with Crippen molar-refractivity contribution in [1.29, 1.82) is 0 Å². The minimum atomic E-state index is 0.318. The normalized spacial score (nSPS) is 44.2. The molecule has 7 atom stereocenters. The van der Waals surface area contributed by atoms with E-state index < -0.39 is 0 Å². The molecule has 1 heteroatoms. The molecule has 3 unspecified atom stereocenters. The Kier molecular flexibility index (Phi) is 5.43. The Bertz CT molecular complexity index is 670. The summed E-state index contributed by atoms with van der Waals surface area (Å²) in [5.41, 5.74) is 2.36. The molecule has 0 amide bonds. The van der Waals surface area contributed by atoms with Gasteiger partial charge in [-0.2, -0.15) is 0 Å². The predicted molar refractivity (Wildman–Crippen MR) is 118 cm³/mol. The molecule has 1 nitrogen and oxygen atoms in total. The summed E-state index contributed by atoms with van der Waals surface area (Å²) in [5, 5.41) is 0. The van der Waals surface area contributed by atoms with Crippen LogP contribution in [0.2, 0.25) is 0 Å². The molecule has 4 aliphatic rings. The summed E-state index contributed by atoms with van der Waals surface area (Å²) in [6.07, 6.45) is 18.3. The summed E-state index contributed by atoms with van der Waals surface area (Å²) >= 11 is 0. The SMILES string of the molecule is CC(C)C/C=C/[C@@H](C)[C@H]1CCC2C3CCC4=CC(=O)CC[C@]4(C)C3CC[C@@]21C. The smallest absolute Gasteiger partial charge is 0.155 e. The highest BCUT2D eigenvalue weighted by molar-refractivity contribution is 5.91. The van der Waals surface area contributed by atoms with Crippen molar-refractivity contribution >= 4 is 5.78 Å². The van der Waals surface area contributed by atoms with E-state index in [4.69, 9.17) is 0 Å². The molecule has 0 aromatic rings.